The fourth-order valence-electron chi connectivity index (χ4n) is 2.67. The van der Waals surface area contributed by atoms with Crippen molar-refractivity contribution in [1.29, 1.82) is 0 Å². The Morgan fingerprint density at radius 1 is 1.15 bits per heavy atom. The highest BCUT2D eigenvalue weighted by atomic mass is 32.2. The number of hydrogen-bond donors (Lipinski definition) is 1. The van der Waals surface area contributed by atoms with E-state index in [4.69, 9.17) is 14.2 Å². The van der Waals surface area contributed by atoms with Gasteiger partial charge in [0.1, 0.15) is 5.75 Å². The molecule has 2 aliphatic heterocycles. The van der Waals surface area contributed by atoms with Crippen LogP contribution in [0.25, 0.3) is 6.08 Å². The van der Waals surface area contributed by atoms with E-state index in [1.165, 1.54) is 4.90 Å². The number of imide groups is 1. The third-order valence-corrected chi connectivity index (χ3v) is 5.01. The Bertz CT molecular complexity index is 926. The normalized spacial score (nSPS) is 16.9. The van der Waals surface area contributed by atoms with E-state index in [-0.39, 0.29) is 24.6 Å². The van der Waals surface area contributed by atoms with Gasteiger partial charge in [-0.1, -0.05) is 6.07 Å². The van der Waals surface area contributed by atoms with Gasteiger partial charge in [0, 0.05) is 5.69 Å². The van der Waals surface area contributed by atoms with Gasteiger partial charge in [0.25, 0.3) is 11.1 Å². The minimum atomic E-state index is -0.330. The number of nitrogens with one attached hydrogen (secondary N) is 1. The Labute approximate surface area is 159 Å². The summed E-state index contributed by atoms with van der Waals surface area (Å²) in [5, 5.41) is 2.76. The number of carbonyl (C=O) groups excluding carboxylic acids is 2. The zero-order valence-corrected chi connectivity index (χ0v) is 15.2. The van der Waals surface area contributed by atoms with Gasteiger partial charge in [-0.25, -0.2) is 0 Å². The molecule has 27 heavy (non-hydrogen) atoms. The minimum absolute atomic E-state index is 0.0927. The average molecular weight is 384 g/mol. The number of anilines is 1. The first-order chi connectivity index (χ1) is 13.1. The lowest BCUT2D eigenvalue weighted by molar-refractivity contribution is -0.122. The molecule has 0 spiro atoms. The Morgan fingerprint density at radius 2 is 1.93 bits per heavy atom. The number of rotatable bonds is 5. The Balaban J connectivity index is 1.45. The van der Waals surface area contributed by atoms with Gasteiger partial charge in [0.05, 0.1) is 18.7 Å². The zero-order chi connectivity index (χ0) is 18.8. The summed E-state index contributed by atoms with van der Waals surface area (Å²) in [6, 6.07) is 12.6. The maximum absolute atomic E-state index is 12.6. The molecule has 2 heterocycles. The average Bonchev–Trinajstić information content (AvgIpc) is 3.25. The third kappa shape index (κ3) is 3.56. The summed E-state index contributed by atoms with van der Waals surface area (Å²) in [7, 11) is 1.59. The van der Waals surface area contributed by atoms with Crippen LogP contribution in [0.2, 0.25) is 0 Å². The fourth-order valence-corrected chi connectivity index (χ4v) is 3.51. The highest BCUT2D eigenvalue weighted by molar-refractivity contribution is 8.18. The Kier molecular flexibility index (Phi) is 4.64. The van der Waals surface area contributed by atoms with Gasteiger partial charge in [-0.15, -0.1) is 0 Å². The van der Waals surface area contributed by atoms with Gasteiger partial charge in [0.2, 0.25) is 6.79 Å². The predicted molar refractivity (Wildman–Crippen MR) is 102 cm³/mol. The van der Waals surface area contributed by atoms with Gasteiger partial charge in [-0.05, 0) is 59.8 Å². The lowest BCUT2D eigenvalue weighted by atomic mass is 10.2. The first-order valence-electron chi connectivity index (χ1n) is 8.17. The van der Waals surface area contributed by atoms with Crippen molar-refractivity contribution < 1.29 is 23.8 Å². The lowest BCUT2D eigenvalue weighted by Crippen LogP contribution is -2.33. The van der Waals surface area contributed by atoms with Crippen molar-refractivity contribution in [2.75, 3.05) is 25.9 Å². The first kappa shape index (κ1) is 17.3. The van der Waals surface area contributed by atoms with E-state index in [2.05, 4.69) is 5.32 Å². The number of nitrogens with zero attached hydrogens (tertiary/aromatic N) is 1. The summed E-state index contributed by atoms with van der Waals surface area (Å²) in [5.41, 5.74) is 1.56. The van der Waals surface area contributed by atoms with Crippen LogP contribution in [0.1, 0.15) is 5.56 Å². The van der Waals surface area contributed by atoms with Crippen LogP contribution in [0, 0.1) is 0 Å². The van der Waals surface area contributed by atoms with Crippen molar-refractivity contribution in [2.45, 2.75) is 0 Å². The molecule has 0 atom stereocenters. The second-order valence-corrected chi connectivity index (χ2v) is 6.78. The molecule has 7 nitrogen and oxygen atoms in total. The van der Waals surface area contributed by atoms with Crippen molar-refractivity contribution in [3.63, 3.8) is 0 Å². The number of fused-ring (bicyclic) bond motifs is 1. The minimum Gasteiger partial charge on any atom is -0.497 e. The molecule has 0 bridgehead atoms. The molecule has 0 unspecified atom stereocenters. The van der Waals surface area contributed by atoms with E-state index in [0.717, 1.165) is 28.8 Å². The summed E-state index contributed by atoms with van der Waals surface area (Å²) >= 11 is 0.918. The van der Waals surface area contributed by atoms with Crippen molar-refractivity contribution in [1.82, 2.24) is 4.90 Å². The predicted octanol–water partition coefficient (Wildman–Crippen LogP) is 3.53. The second-order valence-electron chi connectivity index (χ2n) is 5.79. The fraction of sp³-hybridized carbons (Fsp3) is 0.158. The van der Waals surface area contributed by atoms with Crippen LogP contribution in [0.5, 0.6) is 17.2 Å². The highest BCUT2D eigenvalue weighted by Crippen LogP contribution is 2.36. The van der Waals surface area contributed by atoms with Gasteiger partial charge in [-0.2, -0.15) is 0 Å². The molecule has 1 saturated heterocycles. The molecular formula is C19H16N2O5S. The molecule has 4 rings (SSSR count). The van der Waals surface area contributed by atoms with E-state index in [1.54, 1.807) is 37.5 Å². The van der Waals surface area contributed by atoms with E-state index < -0.39 is 0 Å². The topological polar surface area (TPSA) is 77.1 Å². The summed E-state index contributed by atoms with van der Waals surface area (Å²) in [6.45, 7) is 0.280. The number of methoxy groups -OCH3 is 1. The zero-order valence-electron chi connectivity index (χ0n) is 14.4. The van der Waals surface area contributed by atoms with Crippen molar-refractivity contribution in [3.05, 3.63) is 52.9 Å². The molecule has 0 aliphatic carbocycles. The second kappa shape index (κ2) is 7.24. The van der Waals surface area contributed by atoms with Gasteiger partial charge < -0.3 is 19.5 Å². The molecule has 2 amide bonds. The van der Waals surface area contributed by atoms with Gasteiger partial charge in [-0.3, -0.25) is 14.5 Å². The molecule has 2 aliphatic rings. The largest absolute Gasteiger partial charge is 0.497 e. The number of carbonyl (C=O) groups is 2. The maximum Gasteiger partial charge on any atom is 0.295 e. The summed E-state index contributed by atoms with van der Waals surface area (Å²) in [6.07, 6.45) is 1.68. The van der Waals surface area contributed by atoms with E-state index in [0.29, 0.717) is 16.4 Å². The first-order valence-corrected chi connectivity index (χ1v) is 8.98. The molecule has 2 aromatic rings. The molecule has 138 valence electrons. The molecule has 0 radical (unpaired) electrons. The van der Waals surface area contributed by atoms with E-state index in [9.17, 15) is 9.59 Å². The molecule has 0 aromatic heterocycles. The monoisotopic (exact) mass is 384 g/mol. The number of thioether (sulfide) groups is 1. The molecule has 8 heteroatoms. The van der Waals surface area contributed by atoms with E-state index >= 15 is 0 Å². The van der Waals surface area contributed by atoms with Gasteiger partial charge in [0.15, 0.2) is 11.5 Å². The van der Waals surface area contributed by atoms with Crippen molar-refractivity contribution in [3.8, 4) is 17.2 Å². The van der Waals surface area contributed by atoms with Crippen molar-refractivity contribution >= 4 is 34.7 Å². The SMILES string of the molecule is COc1ccc(NCN2C(=O)S/C(=C/c3ccc4c(c3)OCO4)C2=O)cc1. The number of ether oxygens (including phenoxy) is 3. The molecule has 2 aromatic carbocycles. The molecule has 1 fully saturated rings. The Hall–Kier alpha value is -3.13. The summed E-state index contributed by atoms with van der Waals surface area (Å²) in [5.74, 6) is 1.70. The smallest absolute Gasteiger partial charge is 0.295 e. The molecule has 0 saturated carbocycles. The van der Waals surface area contributed by atoms with Crippen molar-refractivity contribution in [2.24, 2.45) is 0 Å². The maximum atomic E-state index is 12.6. The van der Waals surface area contributed by atoms with Crippen LogP contribution >= 0.6 is 11.8 Å². The third-order valence-electron chi connectivity index (χ3n) is 4.10. The molecule has 1 N–H and O–H groups in total. The van der Waals surface area contributed by atoms with E-state index in [1.807, 2.05) is 18.2 Å². The summed E-state index contributed by atoms with van der Waals surface area (Å²) < 4.78 is 15.7. The quantitative estimate of drug-likeness (QED) is 0.790. The van der Waals surface area contributed by atoms with Crippen LogP contribution in [-0.2, 0) is 4.79 Å². The highest BCUT2D eigenvalue weighted by Gasteiger charge is 2.34. The number of hydrogen-bond acceptors (Lipinski definition) is 7. The number of amides is 2. The van der Waals surface area contributed by atoms with Crippen LogP contribution in [0.3, 0.4) is 0 Å². The van der Waals surface area contributed by atoms with Crippen LogP contribution in [-0.4, -0.2) is 36.6 Å². The number of benzene rings is 2. The Morgan fingerprint density at radius 3 is 2.70 bits per heavy atom. The summed E-state index contributed by atoms with van der Waals surface area (Å²) in [4.78, 5) is 26.3. The van der Waals surface area contributed by atoms with Crippen LogP contribution in [0.4, 0.5) is 10.5 Å². The van der Waals surface area contributed by atoms with Crippen LogP contribution < -0.4 is 19.5 Å². The van der Waals surface area contributed by atoms with Crippen LogP contribution in [0.15, 0.2) is 47.4 Å². The standard InChI is InChI=1S/C19H16N2O5S/c1-24-14-5-3-13(4-6-14)20-10-21-18(22)17(27-19(21)23)9-12-2-7-15-16(8-12)26-11-25-15/h2-9,20H,10-11H2,1H3/b17-9+. The lowest BCUT2D eigenvalue weighted by Gasteiger charge is -2.14. The molecular weight excluding hydrogens is 368 g/mol. The van der Waals surface area contributed by atoms with Gasteiger partial charge >= 0.3 is 0 Å².